The highest BCUT2D eigenvalue weighted by Gasteiger charge is 2.13. The van der Waals surface area contributed by atoms with Crippen LogP contribution in [0.15, 0.2) is 77.2 Å². The van der Waals surface area contributed by atoms with Crippen molar-refractivity contribution >= 4 is 51.6 Å². The molecule has 0 spiro atoms. The Morgan fingerprint density at radius 3 is 2.59 bits per heavy atom. The number of carbonyl (C=O) groups is 1. The summed E-state index contributed by atoms with van der Waals surface area (Å²) in [6.45, 7) is 0. The molecule has 0 aliphatic rings. The average Bonchev–Trinajstić information content (AvgIpc) is 3.14. The number of rotatable bonds is 4. The van der Waals surface area contributed by atoms with Crippen molar-refractivity contribution in [2.24, 2.45) is 0 Å². The smallest absolute Gasteiger partial charge is 0.230 e. The molecule has 0 atom stereocenters. The number of hydrogen-bond acceptors (Lipinski definition) is 4. The number of benzene rings is 3. The molecular weight excluding hydrogens is 406 g/mol. The molecule has 3 aromatic carbocycles. The quantitative estimate of drug-likeness (QED) is 0.443. The fourth-order valence-electron chi connectivity index (χ4n) is 2.87. The molecule has 0 aliphatic heterocycles. The molecule has 1 amide bonds. The van der Waals surface area contributed by atoms with Crippen LogP contribution in [-0.2, 0) is 11.2 Å². The molecule has 29 heavy (non-hydrogen) atoms. The normalized spacial score (nSPS) is 10.7. The molecule has 0 bridgehead atoms. The fraction of sp³-hybridized carbons (Fsp3) is 0.0455. The van der Waals surface area contributed by atoms with Gasteiger partial charge in [0.1, 0.15) is 5.52 Å². The van der Waals surface area contributed by atoms with Gasteiger partial charge < -0.3 is 15.1 Å². The van der Waals surface area contributed by atoms with E-state index < -0.39 is 0 Å². The maximum atomic E-state index is 12.2. The number of halogens is 1. The summed E-state index contributed by atoms with van der Waals surface area (Å²) in [5.41, 5.74) is 3.64. The first-order valence-electron chi connectivity index (χ1n) is 8.89. The van der Waals surface area contributed by atoms with Crippen molar-refractivity contribution in [3.8, 4) is 11.5 Å². The van der Waals surface area contributed by atoms with E-state index in [-0.39, 0.29) is 17.4 Å². The van der Waals surface area contributed by atoms with E-state index in [1.54, 1.807) is 18.2 Å². The number of hydrogen-bond donors (Lipinski definition) is 2. The Balaban J connectivity index is 1.47. The second-order valence-electron chi connectivity index (χ2n) is 6.35. The SMILES string of the molecule is O=C(Cc1ccccc1)NC(=S)Nc1ccc(Cl)c(-c2nc3ccccc3o2)c1. The Bertz CT molecular complexity index is 1160. The summed E-state index contributed by atoms with van der Waals surface area (Å²) in [6, 6.07) is 22.2. The predicted octanol–water partition coefficient (Wildman–Crippen LogP) is 5.20. The lowest BCUT2D eigenvalue weighted by Crippen LogP contribution is -2.35. The molecule has 1 heterocycles. The van der Waals surface area contributed by atoms with Crippen LogP contribution >= 0.6 is 23.8 Å². The molecule has 0 saturated carbocycles. The van der Waals surface area contributed by atoms with Gasteiger partial charge >= 0.3 is 0 Å². The van der Waals surface area contributed by atoms with Crippen molar-refractivity contribution in [1.82, 2.24) is 10.3 Å². The van der Waals surface area contributed by atoms with Crippen LogP contribution in [0.3, 0.4) is 0 Å². The fourth-order valence-corrected chi connectivity index (χ4v) is 3.30. The predicted molar refractivity (Wildman–Crippen MR) is 119 cm³/mol. The van der Waals surface area contributed by atoms with E-state index in [4.69, 9.17) is 28.2 Å². The number of oxazole rings is 1. The molecule has 4 rings (SSSR count). The Morgan fingerprint density at radius 2 is 1.79 bits per heavy atom. The van der Waals surface area contributed by atoms with Crippen LogP contribution in [0.2, 0.25) is 5.02 Å². The second kappa shape index (κ2) is 8.43. The monoisotopic (exact) mass is 421 g/mol. The summed E-state index contributed by atoms with van der Waals surface area (Å²) in [7, 11) is 0. The molecular formula is C22H16ClN3O2S. The van der Waals surface area contributed by atoms with Gasteiger partial charge in [0.25, 0.3) is 0 Å². The molecule has 1 aromatic heterocycles. The first-order valence-corrected chi connectivity index (χ1v) is 9.67. The molecule has 0 aliphatic carbocycles. The first kappa shape index (κ1) is 19.1. The van der Waals surface area contributed by atoms with Crippen molar-refractivity contribution in [2.45, 2.75) is 6.42 Å². The van der Waals surface area contributed by atoms with Crippen molar-refractivity contribution < 1.29 is 9.21 Å². The van der Waals surface area contributed by atoms with Gasteiger partial charge in [-0.3, -0.25) is 4.79 Å². The molecule has 0 radical (unpaired) electrons. The largest absolute Gasteiger partial charge is 0.436 e. The summed E-state index contributed by atoms with van der Waals surface area (Å²) < 4.78 is 5.80. The summed E-state index contributed by atoms with van der Waals surface area (Å²) in [4.78, 5) is 16.6. The lowest BCUT2D eigenvalue weighted by atomic mass is 10.1. The number of para-hydroxylation sites is 2. The number of amides is 1. The number of thiocarbonyl (C=S) groups is 1. The van der Waals surface area contributed by atoms with Gasteiger partial charge in [0.15, 0.2) is 10.7 Å². The Labute approximate surface area is 177 Å². The number of carbonyl (C=O) groups excluding carboxylic acids is 1. The average molecular weight is 422 g/mol. The molecule has 4 aromatic rings. The zero-order valence-corrected chi connectivity index (χ0v) is 16.8. The third-order valence-electron chi connectivity index (χ3n) is 4.21. The molecule has 5 nitrogen and oxygen atoms in total. The van der Waals surface area contributed by atoms with Crippen molar-refractivity contribution in [3.05, 3.63) is 83.4 Å². The minimum absolute atomic E-state index is 0.193. The first-order chi connectivity index (χ1) is 14.1. The van der Waals surface area contributed by atoms with E-state index in [2.05, 4.69) is 15.6 Å². The van der Waals surface area contributed by atoms with Gasteiger partial charge in [-0.15, -0.1) is 0 Å². The highest BCUT2D eigenvalue weighted by molar-refractivity contribution is 7.80. The van der Waals surface area contributed by atoms with E-state index >= 15 is 0 Å². The minimum Gasteiger partial charge on any atom is -0.436 e. The molecule has 0 saturated heterocycles. The molecule has 2 N–H and O–H groups in total. The van der Waals surface area contributed by atoms with Crippen LogP contribution < -0.4 is 10.6 Å². The number of fused-ring (bicyclic) bond motifs is 1. The van der Waals surface area contributed by atoms with Crippen molar-refractivity contribution in [2.75, 3.05) is 5.32 Å². The van der Waals surface area contributed by atoms with Crippen molar-refractivity contribution in [1.29, 1.82) is 0 Å². The second-order valence-corrected chi connectivity index (χ2v) is 7.16. The van der Waals surface area contributed by atoms with Crippen LogP contribution in [-0.4, -0.2) is 16.0 Å². The zero-order valence-electron chi connectivity index (χ0n) is 15.2. The van der Waals surface area contributed by atoms with Gasteiger partial charge in [0.2, 0.25) is 11.8 Å². The number of aromatic nitrogens is 1. The van der Waals surface area contributed by atoms with Gasteiger partial charge in [0, 0.05) is 5.69 Å². The van der Waals surface area contributed by atoms with E-state index in [9.17, 15) is 4.79 Å². The van der Waals surface area contributed by atoms with E-state index in [0.29, 0.717) is 27.7 Å². The number of nitrogens with zero attached hydrogens (tertiary/aromatic N) is 1. The Hall–Kier alpha value is -3.22. The topological polar surface area (TPSA) is 67.2 Å². The van der Waals surface area contributed by atoms with Gasteiger partial charge in [-0.05, 0) is 48.1 Å². The summed E-state index contributed by atoms with van der Waals surface area (Å²) in [6.07, 6.45) is 0.247. The Kier molecular flexibility index (Phi) is 5.55. The molecule has 0 fully saturated rings. The number of anilines is 1. The van der Waals surface area contributed by atoms with Crippen LogP contribution in [0, 0.1) is 0 Å². The molecule has 7 heteroatoms. The van der Waals surface area contributed by atoms with Crippen LogP contribution in [0.25, 0.3) is 22.6 Å². The lowest BCUT2D eigenvalue weighted by Gasteiger charge is -2.11. The van der Waals surface area contributed by atoms with Crippen molar-refractivity contribution in [3.63, 3.8) is 0 Å². The molecule has 0 unspecified atom stereocenters. The minimum atomic E-state index is -0.193. The van der Waals surface area contributed by atoms with Crippen LogP contribution in [0.5, 0.6) is 0 Å². The van der Waals surface area contributed by atoms with E-state index in [1.165, 1.54) is 0 Å². The Morgan fingerprint density at radius 1 is 1.03 bits per heavy atom. The maximum Gasteiger partial charge on any atom is 0.230 e. The van der Waals surface area contributed by atoms with E-state index in [1.807, 2.05) is 54.6 Å². The van der Waals surface area contributed by atoms with Crippen LogP contribution in [0.4, 0.5) is 5.69 Å². The third-order valence-corrected chi connectivity index (χ3v) is 4.74. The highest BCUT2D eigenvalue weighted by atomic mass is 35.5. The summed E-state index contributed by atoms with van der Waals surface area (Å²) >= 11 is 11.6. The summed E-state index contributed by atoms with van der Waals surface area (Å²) in [5, 5.41) is 6.39. The maximum absolute atomic E-state index is 12.2. The zero-order chi connectivity index (χ0) is 20.2. The number of nitrogens with one attached hydrogen (secondary N) is 2. The standard InChI is InChI=1S/C22H16ClN3O2S/c23-17-11-10-15(13-16(17)21-25-18-8-4-5-9-19(18)28-21)24-22(29)26-20(27)12-14-6-2-1-3-7-14/h1-11,13H,12H2,(H2,24,26,27,29). The highest BCUT2D eigenvalue weighted by Crippen LogP contribution is 2.32. The summed E-state index contributed by atoms with van der Waals surface area (Å²) in [5.74, 6) is 0.223. The van der Waals surface area contributed by atoms with Gasteiger partial charge in [-0.1, -0.05) is 54.1 Å². The lowest BCUT2D eigenvalue weighted by molar-refractivity contribution is -0.119. The third kappa shape index (κ3) is 4.62. The van der Waals surface area contributed by atoms with Gasteiger partial charge in [-0.25, -0.2) is 4.98 Å². The van der Waals surface area contributed by atoms with Gasteiger partial charge in [0.05, 0.1) is 17.0 Å². The van der Waals surface area contributed by atoms with E-state index in [0.717, 1.165) is 11.1 Å². The van der Waals surface area contributed by atoms with Crippen LogP contribution in [0.1, 0.15) is 5.56 Å². The molecule has 144 valence electrons. The van der Waals surface area contributed by atoms with Gasteiger partial charge in [-0.2, -0.15) is 0 Å².